The zero-order valence-electron chi connectivity index (χ0n) is 14.1. The zero-order valence-corrected chi connectivity index (χ0v) is 14.1. The number of carboxylic acid groups (broad SMARTS) is 1. The highest BCUT2D eigenvalue weighted by molar-refractivity contribution is 5.67. The lowest BCUT2D eigenvalue weighted by Crippen LogP contribution is -2.74. The third kappa shape index (κ3) is 3.84. The second kappa shape index (κ2) is 7.41. The third-order valence-corrected chi connectivity index (χ3v) is 3.85. The van der Waals surface area contributed by atoms with Gasteiger partial charge in [-0.1, -0.05) is 6.92 Å². The molecule has 186 valence electrons. The van der Waals surface area contributed by atoms with E-state index in [-0.39, 0.29) is 6.92 Å². The maximum absolute atomic E-state index is 13.5. The highest BCUT2D eigenvalue weighted by Crippen LogP contribution is 2.64. The van der Waals surface area contributed by atoms with E-state index in [1.54, 1.807) is 0 Å². The summed E-state index contributed by atoms with van der Waals surface area (Å²) in [5.74, 6) is -63.1. The molecule has 0 aromatic rings. The Morgan fingerprint density at radius 3 is 1.10 bits per heavy atom. The first kappa shape index (κ1) is 29.3. The normalized spacial score (nSPS) is 17.0. The van der Waals surface area contributed by atoms with Gasteiger partial charge in [-0.2, -0.15) is 74.6 Å². The fourth-order valence-electron chi connectivity index (χ4n) is 1.88. The lowest BCUT2D eigenvalue weighted by Gasteiger charge is -2.43. The van der Waals surface area contributed by atoms with Crippen molar-refractivity contribution in [2.24, 2.45) is 5.92 Å². The number of carbonyl (C=O) groups is 1. The van der Waals surface area contributed by atoms with Crippen LogP contribution in [-0.2, 0) is 4.79 Å². The van der Waals surface area contributed by atoms with Crippen molar-refractivity contribution in [3.8, 4) is 0 Å². The summed E-state index contributed by atoms with van der Waals surface area (Å²) in [6.07, 6.45) is -10.0. The summed E-state index contributed by atoms with van der Waals surface area (Å²) in [6, 6.07) is 0. The van der Waals surface area contributed by atoms with E-state index in [1.165, 1.54) is 0 Å². The van der Waals surface area contributed by atoms with Gasteiger partial charge in [0.25, 0.3) is 0 Å². The van der Waals surface area contributed by atoms with Crippen LogP contribution in [0, 0.1) is 5.92 Å². The summed E-state index contributed by atoms with van der Waals surface area (Å²) >= 11 is 0. The second-order valence-electron chi connectivity index (χ2n) is 6.07. The van der Waals surface area contributed by atoms with E-state index in [9.17, 15) is 79.4 Å². The Labute approximate surface area is 159 Å². The molecule has 0 saturated carbocycles. The van der Waals surface area contributed by atoms with Crippen LogP contribution in [0.4, 0.5) is 74.6 Å². The lowest BCUT2D eigenvalue weighted by atomic mass is 9.85. The van der Waals surface area contributed by atoms with E-state index in [0.717, 1.165) is 0 Å². The number of hydrogen-bond donors (Lipinski definition) is 1. The molecule has 0 spiro atoms. The SMILES string of the molecule is CC(CC(=O)O)C(F)(F)C(F)(F)C(F)(F)C(F)(F)C(F)(F)C(F)(F)C(F)(F)C(F)(F)F. The van der Waals surface area contributed by atoms with Crippen LogP contribution in [0.3, 0.4) is 0 Å². The van der Waals surface area contributed by atoms with Crippen LogP contribution in [-0.4, -0.2) is 58.7 Å². The topological polar surface area (TPSA) is 37.3 Å². The monoisotopic (exact) mass is 506 g/mol. The Morgan fingerprint density at radius 1 is 0.581 bits per heavy atom. The van der Waals surface area contributed by atoms with E-state index in [0.29, 0.717) is 0 Å². The van der Waals surface area contributed by atoms with Crippen LogP contribution in [0.5, 0.6) is 0 Å². The van der Waals surface area contributed by atoms with Crippen molar-refractivity contribution in [1.29, 1.82) is 0 Å². The van der Waals surface area contributed by atoms with Crippen molar-refractivity contribution in [1.82, 2.24) is 0 Å². The van der Waals surface area contributed by atoms with Gasteiger partial charge >= 0.3 is 53.6 Å². The number of carboxylic acids is 1. The summed E-state index contributed by atoms with van der Waals surface area (Å²) in [6.45, 7) is -0.305. The minimum absolute atomic E-state index is 0.305. The maximum atomic E-state index is 13.5. The molecule has 0 bridgehead atoms. The number of alkyl halides is 17. The van der Waals surface area contributed by atoms with Gasteiger partial charge in [0.2, 0.25) is 0 Å². The van der Waals surface area contributed by atoms with Gasteiger partial charge in [0.05, 0.1) is 6.42 Å². The van der Waals surface area contributed by atoms with Gasteiger partial charge < -0.3 is 5.11 Å². The van der Waals surface area contributed by atoms with Crippen molar-refractivity contribution >= 4 is 5.97 Å². The molecule has 0 amide bonds. The number of rotatable bonds is 9. The van der Waals surface area contributed by atoms with E-state index < -0.39 is 65.9 Å². The van der Waals surface area contributed by atoms with Gasteiger partial charge in [-0.25, -0.2) is 0 Å². The third-order valence-electron chi connectivity index (χ3n) is 3.85. The van der Waals surface area contributed by atoms with Gasteiger partial charge in [0.15, 0.2) is 0 Å². The molecule has 0 radical (unpaired) electrons. The molecule has 0 saturated heterocycles. The number of halogens is 17. The van der Waals surface area contributed by atoms with Crippen LogP contribution in [0.15, 0.2) is 0 Å². The molecular weight excluding hydrogens is 499 g/mol. The predicted octanol–water partition coefficient (Wildman–Crippen LogP) is 6.11. The minimum Gasteiger partial charge on any atom is -0.481 e. The summed E-state index contributed by atoms with van der Waals surface area (Å²) in [5.41, 5.74) is 0. The lowest BCUT2D eigenvalue weighted by molar-refractivity contribution is -0.463. The highest BCUT2D eigenvalue weighted by Gasteiger charge is 2.95. The van der Waals surface area contributed by atoms with Gasteiger partial charge in [-0.05, 0) is 0 Å². The Morgan fingerprint density at radius 2 is 0.839 bits per heavy atom. The summed E-state index contributed by atoms with van der Waals surface area (Å²) in [5, 5.41) is 8.15. The summed E-state index contributed by atoms with van der Waals surface area (Å²) in [4.78, 5) is 10.2. The fourth-order valence-corrected chi connectivity index (χ4v) is 1.88. The molecule has 1 N–H and O–H groups in total. The first-order valence-electron chi connectivity index (χ1n) is 7.02. The molecular formula is C12H7F17O2. The van der Waals surface area contributed by atoms with Crippen LogP contribution >= 0.6 is 0 Å². The zero-order chi connectivity index (χ0) is 25.9. The van der Waals surface area contributed by atoms with E-state index in [4.69, 9.17) is 5.11 Å². The molecule has 0 rings (SSSR count). The van der Waals surface area contributed by atoms with Gasteiger partial charge in [-0.3, -0.25) is 4.79 Å². The number of hydrogen-bond acceptors (Lipinski definition) is 1. The predicted molar refractivity (Wildman–Crippen MR) is 62.1 cm³/mol. The molecule has 1 atom stereocenters. The van der Waals surface area contributed by atoms with Crippen molar-refractivity contribution in [3.05, 3.63) is 0 Å². The highest BCUT2D eigenvalue weighted by atomic mass is 19.4. The van der Waals surface area contributed by atoms with Crippen LogP contribution in [0.25, 0.3) is 0 Å². The van der Waals surface area contributed by atoms with Crippen LogP contribution in [0.2, 0.25) is 0 Å². The van der Waals surface area contributed by atoms with Crippen LogP contribution in [0.1, 0.15) is 13.3 Å². The van der Waals surface area contributed by atoms with Crippen molar-refractivity contribution in [2.45, 2.75) is 61.0 Å². The Balaban J connectivity index is 6.73. The Bertz CT molecular complexity index is 677. The smallest absolute Gasteiger partial charge is 0.460 e. The maximum Gasteiger partial charge on any atom is 0.460 e. The van der Waals surface area contributed by atoms with Crippen LogP contribution < -0.4 is 0 Å². The Hall–Kier alpha value is -1.72. The molecule has 2 nitrogen and oxygen atoms in total. The molecule has 0 aliphatic rings. The second-order valence-corrected chi connectivity index (χ2v) is 6.07. The average molecular weight is 506 g/mol. The molecule has 0 aromatic carbocycles. The first-order valence-corrected chi connectivity index (χ1v) is 7.02. The molecule has 0 aliphatic heterocycles. The van der Waals surface area contributed by atoms with E-state index in [2.05, 4.69) is 0 Å². The molecule has 19 heteroatoms. The molecule has 0 aliphatic carbocycles. The summed E-state index contributed by atoms with van der Waals surface area (Å²) in [7, 11) is 0. The molecule has 31 heavy (non-hydrogen) atoms. The first-order chi connectivity index (χ1) is 13.1. The molecule has 0 heterocycles. The molecule has 0 fully saturated rings. The van der Waals surface area contributed by atoms with E-state index in [1.807, 2.05) is 0 Å². The standard InChI is InChI=1S/C12H7F17O2/c1-3(2-4(30)31)5(13,14)6(15,16)7(17,18)8(19,20)9(21,22)10(23,24)11(25,26)12(27,28)29/h3H,2H2,1H3,(H,30,31). The quantitative estimate of drug-likeness (QED) is 0.384. The fraction of sp³-hybridized carbons (Fsp3) is 0.917. The van der Waals surface area contributed by atoms with Crippen molar-refractivity contribution < 1.29 is 84.5 Å². The van der Waals surface area contributed by atoms with Gasteiger partial charge in [0, 0.05) is 5.92 Å². The van der Waals surface area contributed by atoms with Crippen molar-refractivity contribution in [3.63, 3.8) is 0 Å². The van der Waals surface area contributed by atoms with Gasteiger partial charge in [-0.15, -0.1) is 0 Å². The Kier molecular flexibility index (Phi) is 7.00. The number of aliphatic carboxylic acids is 1. The molecule has 1 unspecified atom stereocenters. The minimum atomic E-state index is -8.70. The molecule has 0 aromatic heterocycles. The van der Waals surface area contributed by atoms with Gasteiger partial charge in [0.1, 0.15) is 0 Å². The van der Waals surface area contributed by atoms with E-state index >= 15 is 0 Å². The largest absolute Gasteiger partial charge is 0.481 e. The summed E-state index contributed by atoms with van der Waals surface area (Å²) < 4.78 is 221. The average Bonchev–Trinajstić information content (AvgIpc) is 2.51. The van der Waals surface area contributed by atoms with Crippen molar-refractivity contribution in [2.75, 3.05) is 0 Å².